The molecule has 0 radical (unpaired) electrons. The van der Waals surface area contributed by atoms with Gasteiger partial charge in [0.25, 0.3) is 0 Å². The molecule has 0 saturated carbocycles. The zero-order valence-electron chi connectivity index (χ0n) is 5.92. The Balaban J connectivity index is 3.53. The van der Waals surface area contributed by atoms with E-state index in [1.54, 1.807) is 0 Å². The molecule has 0 bridgehead atoms. The third kappa shape index (κ3) is 6.72. The summed E-state index contributed by atoms with van der Waals surface area (Å²) in [5.74, 6) is -0.981. The molecular formula is C5H8N2O3S. The summed E-state index contributed by atoms with van der Waals surface area (Å²) in [6.07, 6.45) is -0.282. The Bertz CT molecular complexity index is 192. The van der Waals surface area contributed by atoms with Gasteiger partial charge in [-0.1, -0.05) is 0 Å². The average Bonchev–Trinajstić information content (AvgIpc) is 1.82. The van der Waals surface area contributed by atoms with Crippen molar-refractivity contribution in [3.05, 3.63) is 0 Å². The zero-order valence-corrected chi connectivity index (χ0v) is 6.73. The topological polar surface area (TPSA) is 81.4 Å². The molecule has 0 aliphatic heterocycles. The molecule has 3 N–H and O–H groups in total. The van der Waals surface area contributed by atoms with Crippen LogP contribution in [-0.4, -0.2) is 16.9 Å². The van der Waals surface area contributed by atoms with E-state index >= 15 is 0 Å². The third-order valence-corrected chi connectivity index (χ3v) is 0.742. The number of carbonyl (C=O) groups excluding carboxylic acids is 2. The zero-order chi connectivity index (χ0) is 8.85. The van der Waals surface area contributed by atoms with Crippen LogP contribution < -0.4 is 11.2 Å². The lowest BCUT2D eigenvalue weighted by molar-refractivity contribution is -0.149. The van der Waals surface area contributed by atoms with Crippen LogP contribution >= 0.6 is 12.2 Å². The maximum atomic E-state index is 10.5. The largest absolute Gasteiger partial charge is 0.374 e. The maximum Gasteiger partial charge on any atom is 0.339 e. The van der Waals surface area contributed by atoms with Gasteiger partial charge in [0.1, 0.15) is 12.2 Å². The number of thiocarbonyl (C=S) groups is 1. The first-order chi connectivity index (χ1) is 5.02. The van der Waals surface area contributed by atoms with Crippen LogP contribution in [0, 0.1) is 0 Å². The number of hydrogen-bond acceptors (Lipinski definition) is 4. The predicted octanol–water partition coefficient (Wildman–Crippen LogP) is -0.743. The summed E-state index contributed by atoms with van der Waals surface area (Å²) in [6.45, 7) is 1.28. The molecule has 0 heterocycles. The highest BCUT2D eigenvalue weighted by atomic mass is 32.1. The van der Waals surface area contributed by atoms with Crippen molar-refractivity contribution >= 4 is 29.1 Å². The number of ketones is 1. The summed E-state index contributed by atoms with van der Waals surface area (Å²) < 4.78 is 0. The van der Waals surface area contributed by atoms with Gasteiger partial charge in [0.2, 0.25) is 0 Å². The summed E-state index contributed by atoms with van der Waals surface area (Å²) in [5, 5.41) is -0.151. The second-order valence-electron chi connectivity index (χ2n) is 1.82. The van der Waals surface area contributed by atoms with Crippen molar-refractivity contribution in [3.8, 4) is 0 Å². The first-order valence-corrected chi connectivity index (χ1v) is 3.17. The Kier molecular flexibility index (Phi) is 4.12. The quantitative estimate of drug-likeness (QED) is 0.327. The average molecular weight is 176 g/mol. The number of Topliss-reactive ketones (excluding diaryl/α,β-unsaturated/α-hetero) is 1. The number of nitrogens with one attached hydrogen (secondary N) is 1. The highest BCUT2D eigenvalue weighted by molar-refractivity contribution is 7.80. The number of nitrogens with two attached hydrogens (primary N) is 1. The molecule has 5 nitrogen and oxygen atoms in total. The fourth-order valence-electron chi connectivity index (χ4n) is 0.347. The molecule has 0 aromatic rings. The van der Waals surface area contributed by atoms with E-state index in [9.17, 15) is 9.59 Å². The van der Waals surface area contributed by atoms with E-state index in [1.165, 1.54) is 6.92 Å². The normalized spacial score (nSPS) is 8.45. The molecule has 0 aromatic carbocycles. The highest BCUT2D eigenvalue weighted by Gasteiger charge is 2.05. The monoisotopic (exact) mass is 176 g/mol. The molecular weight excluding hydrogens is 168 g/mol. The lowest BCUT2D eigenvalue weighted by Gasteiger charge is -2.01. The van der Waals surface area contributed by atoms with Crippen LogP contribution in [-0.2, 0) is 14.4 Å². The first-order valence-electron chi connectivity index (χ1n) is 2.77. The molecule has 0 aliphatic carbocycles. The minimum Gasteiger partial charge on any atom is -0.374 e. The van der Waals surface area contributed by atoms with Crippen molar-refractivity contribution in [2.75, 3.05) is 0 Å². The van der Waals surface area contributed by atoms with Crippen LogP contribution in [0.15, 0.2) is 0 Å². The van der Waals surface area contributed by atoms with Gasteiger partial charge in [-0.3, -0.25) is 4.79 Å². The fourth-order valence-corrected chi connectivity index (χ4v) is 0.388. The van der Waals surface area contributed by atoms with Crippen LogP contribution in [0.25, 0.3) is 0 Å². The van der Waals surface area contributed by atoms with Crippen molar-refractivity contribution in [1.82, 2.24) is 5.48 Å². The minimum absolute atomic E-state index is 0.151. The predicted molar refractivity (Wildman–Crippen MR) is 41.3 cm³/mol. The number of rotatable bonds is 2. The van der Waals surface area contributed by atoms with E-state index in [0.29, 0.717) is 0 Å². The van der Waals surface area contributed by atoms with Gasteiger partial charge in [-0.05, 0) is 19.1 Å². The molecule has 6 heteroatoms. The fraction of sp³-hybridized carbons (Fsp3) is 0.400. The lowest BCUT2D eigenvalue weighted by atomic mass is 10.3. The standard InChI is InChI=1S/C5H8N2O3S/c1-3(8)2-4(9)10-7-5(6)11/h2H2,1H3,(H3,6,7,11). The van der Waals surface area contributed by atoms with E-state index in [1.807, 2.05) is 5.48 Å². The van der Waals surface area contributed by atoms with E-state index < -0.39 is 5.97 Å². The number of hydroxylamine groups is 1. The smallest absolute Gasteiger partial charge is 0.339 e. The molecule has 0 spiro atoms. The van der Waals surface area contributed by atoms with Crippen molar-refractivity contribution in [2.24, 2.45) is 5.73 Å². The molecule has 0 saturated heterocycles. The summed E-state index contributed by atoms with van der Waals surface area (Å²) in [4.78, 5) is 25.1. The molecule has 0 aromatic heterocycles. The van der Waals surface area contributed by atoms with Gasteiger partial charge in [-0.2, -0.15) is 5.48 Å². The second kappa shape index (κ2) is 4.62. The van der Waals surface area contributed by atoms with Crippen molar-refractivity contribution in [2.45, 2.75) is 13.3 Å². The molecule has 0 rings (SSSR count). The van der Waals surface area contributed by atoms with Crippen molar-refractivity contribution < 1.29 is 14.4 Å². The third-order valence-electron chi connectivity index (χ3n) is 0.659. The van der Waals surface area contributed by atoms with E-state index in [4.69, 9.17) is 5.73 Å². The van der Waals surface area contributed by atoms with Crippen LogP contribution in [0.5, 0.6) is 0 Å². The van der Waals surface area contributed by atoms with Gasteiger partial charge in [0.15, 0.2) is 5.11 Å². The van der Waals surface area contributed by atoms with Crippen molar-refractivity contribution in [1.29, 1.82) is 0 Å². The Morgan fingerprint density at radius 2 is 2.18 bits per heavy atom. The Morgan fingerprint density at radius 1 is 1.64 bits per heavy atom. The van der Waals surface area contributed by atoms with Crippen LogP contribution in [0.3, 0.4) is 0 Å². The molecule has 0 fully saturated rings. The Labute approximate surface area is 68.8 Å². The van der Waals surface area contributed by atoms with Gasteiger partial charge in [0, 0.05) is 0 Å². The van der Waals surface area contributed by atoms with Gasteiger partial charge in [0.05, 0.1) is 0 Å². The first kappa shape index (κ1) is 9.83. The van der Waals surface area contributed by atoms with Crippen LogP contribution in [0.4, 0.5) is 0 Å². The SMILES string of the molecule is CC(=O)CC(=O)ONC(N)=S. The van der Waals surface area contributed by atoms with Gasteiger partial charge in [-0.25, -0.2) is 4.79 Å². The molecule has 62 valence electrons. The van der Waals surface area contributed by atoms with E-state index in [-0.39, 0.29) is 17.3 Å². The second-order valence-corrected chi connectivity index (χ2v) is 2.26. The van der Waals surface area contributed by atoms with Crippen LogP contribution in [0.1, 0.15) is 13.3 Å². The summed E-state index contributed by atoms with van der Waals surface area (Å²) >= 11 is 4.33. The van der Waals surface area contributed by atoms with Gasteiger partial charge in [-0.15, -0.1) is 0 Å². The number of carbonyl (C=O) groups is 2. The Hall–Kier alpha value is -1.17. The van der Waals surface area contributed by atoms with Crippen molar-refractivity contribution in [3.63, 3.8) is 0 Å². The lowest BCUT2D eigenvalue weighted by Crippen LogP contribution is -2.32. The van der Waals surface area contributed by atoms with Gasteiger partial charge >= 0.3 is 5.97 Å². The van der Waals surface area contributed by atoms with Gasteiger partial charge < -0.3 is 10.6 Å². The van der Waals surface area contributed by atoms with E-state index in [0.717, 1.165) is 0 Å². The van der Waals surface area contributed by atoms with E-state index in [2.05, 4.69) is 17.1 Å². The highest BCUT2D eigenvalue weighted by Crippen LogP contribution is 1.84. The molecule has 0 amide bonds. The molecule has 0 aliphatic rings. The molecule has 11 heavy (non-hydrogen) atoms. The summed E-state index contributed by atoms with van der Waals surface area (Å²) in [5.41, 5.74) is 6.89. The van der Waals surface area contributed by atoms with Crippen LogP contribution in [0.2, 0.25) is 0 Å². The number of hydrogen-bond donors (Lipinski definition) is 2. The minimum atomic E-state index is -0.703. The summed E-state index contributed by atoms with van der Waals surface area (Å²) in [7, 11) is 0. The molecule has 0 unspecified atom stereocenters. The maximum absolute atomic E-state index is 10.5. The Morgan fingerprint density at radius 3 is 2.55 bits per heavy atom. The molecule has 0 atom stereocenters. The summed E-state index contributed by atoms with van der Waals surface area (Å²) in [6, 6.07) is 0.